The van der Waals surface area contributed by atoms with Crippen molar-refractivity contribution in [1.82, 2.24) is 4.98 Å². The number of thioether (sulfide) groups is 1. The second-order valence-corrected chi connectivity index (χ2v) is 6.25. The Balaban J connectivity index is 1.96. The number of carbonyl (C=O) groups excluding carboxylic acids is 1. The van der Waals surface area contributed by atoms with E-state index in [2.05, 4.69) is 10.4 Å². The molecule has 1 aliphatic rings. The molecule has 0 spiro atoms. The van der Waals surface area contributed by atoms with Gasteiger partial charge in [-0.15, -0.1) is 23.1 Å². The molecule has 2 atom stereocenters. The van der Waals surface area contributed by atoms with Gasteiger partial charge in [-0.05, 0) is 13.8 Å². The number of thiazole rings is 1. The van der Waals surface area contributed by atoms with E-state index in [0.717, 1.165) is 18.5 Å². The molecule has 2 rings (SSSR count). The van der Waals surface area contributed by atoms with Crippen LogP contribution in [-0.2, 0) is 11.2 Å². The van der Waals surface area contributed by atoms with E-state index in [1.165, 1.54) is 5.01 Å². The summed E-state index contributed by atoms with van der Waals surface area (Å²) < 4.78 is 0. The molecule has 2 nitrogen and oxygen atoms in total. The molecule has 0 radical (unpaired) electrons. The Kier molecular flexibility index (Phi) is 2.93. The van der Waals surface area contributed by atoms with Gasteiger partial charge in [0.25, 0.3) is 0 Å². The molecule has 1 aliphatic heterocycles. The highest BCUT2D eigenvalue weighted by Gasteiger charge is 2.30. The zero-order valence-electron chi connectivity index (χ0n) is 8.32. The summed E-state index contributed by atoms with van der Waals surface area (Å²) in [6, 6.07) is 0. The number of aromatic nitrogens is 1. The van der Waals surface area contributed by atoms with Gasteiger partial charge in [-0.2, -0.15) is 0 Å². The highest BCUT2D eigenvalue weighted by atomic mass is 32.2. The Morgan fingerprint density at radius 3 is 2.93 bits per heavy atom. The summed E-state index contributed by atoms with van der Waals surface area (Å²) in [4.78, 5) is 15.8. The molecule has 0 amide bonds. The zero-order chi connectivity index (χ0) is 10.1. The number of ketones is 1. The van der Waals surface area contributed by atoms with Crippen molar-refractivity contribution >= 4 is 28.9 Å². The van der Waals surface area contributed by atoms with Crippen molar-refractivity contribution in [3.05, 3.63) is 16.1 Å². The lowest BCUT2D eigenvalue weighted by atomic mass is 10.1. The van der Waals surface area contributed by atoms with Gasteiger partial charge in [0, 0.05) is 29.2 Å². The largest absolute Gasteiger partial charge is 0.298 e. The van der Waals surface area contributed by atoms with Crippen LogP contribution in [0.3, 0.4) is 0 Å². The van der Waals surface area contributed by atoms with E-state index in [0.29, 0.717) is 11.0 Å². The maximum atomic E-state index is 11.3. The summed E-state index contributed by atoms with van der Waals surface area (Å²) >= 11 is 3.50. The molecule has 4 heteroatoms. The number of rotatable bonds is 2. The van der Waals surface area contributed by atoms with E-state index >= 15 is 0 Å². The Hall–Kier alpha value is -0.350. The monoisotopic (exact) mass is 227 g/mol. The molecular formula is C10H13NOS2. The van der Waals surface area contributed by atoms with E-state index in [1.807, 2.05) is 13.8 Å². The third-order valence-electron chi connectivity index (χ3n) is 2.35. The van der Waals surface area contributed by atoms with Gasteiger partial charge in [-0.1, -0.05) is 0 Å². The third-order valence-corrected chi connectivity index (χ3v) is 4.73. The summed E-state index contributed by atoms with van der Waals surface area (Å²) in [5.41, 5.74) is 1.09. The molecule has 0 aliphatic carbocycles. The lowest BCUT2D eigenvalue weighted by molar-refractivity contribution is -0.117. The number of carbonyl (C=O) groups is 1. The minimum absolute atomic E-state index is 0.195. The highest BCUT2D eigenvalue weighted by molar-refractivity contribution is 8.01. The van der Waals surface area contributed by atoms with Crippen molar-refractivity contribution in [3.8, 4) is 0 Å². The van der Waals surface area contributed by atoms with E-state index < -0.39 is 0 Å². The summed E-state index contributed by atoms with van der Waals surface area (Å²) in [5, 5.41) is 3.89. The molecule has 1 fully saturated rings. The lowest BCUT2D eigenvalue weighted by Gasteiger charge is -2.04. The Labute approximate surface area is 92.1 Å². The van der Waals surface area contributed by atoms with E-state index in [9.17, 15) is 4.79 Å². The van der Waals surface area contributed by atoms with Crippen LogP contribution in [0.5, 0.6) is 0 Å². The number of nitrogens with zero attached hydrogens (tertiary/aromatic N) is 1. The maximum Gasteiger partial charge on any atom is 0.146 e. The summed E-state index contributed by atoms with van der Waals surface area (Å²) in [5.74, 6) is 0.397. The summed E-state index contributed by atoms with van der Waals surface area (Å²) in [6.45, 7) is 4.01. The molecule has 0 bridgehead atoms. The molecular weight excluding hydrogens is 214 g/mol. The SMILES string of the molecule is Cc1csc(CC2CC(=O)C(C)S2)n1. The molecule has 0 saturated carbocycles. The standard InChI is InChI=1S/C10H13NOS2/c1-6-5-13-10(11-6)4-8-3-9(12)7(2)14-8/h5,7-8H,3-4H2,1-2H3. The number of Topliss-reactive ketones (excluding diaryl/α,β-unsaturated/α-hetero) is 1. The smallest absolute Gasteiger partial charge is 0.146 e. The van der Waals surface area contributed by atoms with Crippen LogP contribution in [0.15, 0.2) is 5.38 Å². The first kappa shape index (κ1) is 10.2. The van der Waals surface area contributed by atoms with E-state index in [1.54, 1.807) is 23.1 Å². The fraction of sp³-hybridized carbons (Fsp3) is 0.600. The normalized spacial score (nSPS) is 27.1. The Bertz CT molecular complexity index is 348. The van der Waals surface area contributed by atoms with Crippen molar-refractivity contribution in [2.75, 3.05) is 0 Å². The van der Waals surface area contributed by atoms with Crippen molar-refractivity contribution in [2.24, 2.45) is 0 Å². The average Bonchev–Trinajstić information content (AvgIpc) is 2.62. The molecule has 2 unspecified atom stereocenters. The number of hydrogen-bond donors (Lipinski definition) is 0. The topological polar surface area (TPSA) is 30.0 Å². The molecule has 76 valence electrons. The minimum atomic E-state index is 0.195. The Morgan fingerprint density at radius 2 is 2.43 bits per heavy atom. The van der Waals surface area contributed by atoms with Gasteiger partial charge >= 0.3 is 0 Å². The first-order chi connectivity index (χ1) is 6.65. The average molecular weight is 227 g/mol. The van der Waals surface area contributed by atoms with Crippen LogP contribution in [0.1, 0.15) is 24.0 Å². The van der Waals surface area contributed by atoms with Crippen molar-refractivity contribution < 1.29 is 4.79 Å². The lowest BCUT2D eigenvalue weighted by Crippen LogP contribution is -2.05. The maximum absolute atomic E-state index is 11.3. The third kappa shape index (κ3) is 2.17. The van der Waals surface area contributed by atoms with Crippen LogP contribution in [-0.4, -0.2) is 21.3 Å². The van der Waals surface area contributed by atoms with E-state index in [-0.39, 0.29) is 5.25 Å². The van der Waals surface area contributed by atoms with Crippen molar-refractivity contribution in [1.29, 1.82) is 0 Å². The molecule has 1 aromatic rings. The second-order valence-electron chi connectivity index (χ2n) is 3.66. The Morgan fingerprint density at radius 1 is 1.64 bits per heavy atom. The van der Waals surface area contributed by atoms with Crippen LogP contribution in [0.4, 0.5) is 0 Å². The van der Waals surface area contributed by atoms with Crippen LogP contribution in [0.25, 0.3) is 0 Å². The van der Waals surface area contributed by atoms with Crippen LogP contribution in [0.2, 0.25) is 0 Å². The van der Waals surface area contributed by atoms with Crippen LogP contribution in [0, 0.1) is 6.92 Å². The second kappa shape index (κ2) is 4.03. The zero-order valence-corrected chi connectivity index (χ0v) is 9.95. The predicted molar refractivity (Wildman–Crippen MR) is 61.0 cm³/mol. The fourth-order valence-corrected chi connectivity index (χ4v) is 3.91. The van der Waals surface area contributed by atoms with Crippen molar-refractivity contribution in [3.63, 3.8) is 0 Å². The van der Waals surface area contributed by atoms with Gasteiger partial charge in [0.15, 0.2) is 0 Å². The van der Waals surface area contributed by atoms with E-state index in [4.69, 9.17) is 0 Å². The first-order valence-electron chi connectivity index (χ1n) is 4.74. The molecule has 0 N–H and O–H groups in total. The quantitative estimate of drug-likeness (QED) is 0.777. The summed E-state index contributed by atoms with van der Waals surface area (Å²) in [7, 11) is 0. The summed E-state index contributed by atoms with van der Waals surface area (Å²) in [6.07, 6.45) is 1.68. The number of aryl methyl sites for hydroxylation is 1. The van der Waals surface area contributed by atoms with Gasteiger partial charge in [0.1, 0.15) is 5.78 Å². The minimum Gasteiger partial charge on any atom is -0.298 e. The van der Waals surface area contributed by atoms with Gasteiger partial charge in [-0.3, -0.25) is 4.79 Å². The van der Waals surface area contributed by atoms with Crippen LogP contribution < -0.4 is 0 Å². The van der Waals surface area contributed by atoms with Crippen LogP contribution >= 0.6 is 23.1 Å². The first-order valence-corrected chi connectivity index (χ1v) is 6.56. The fourth-order valence-electron chi connectivity index (χ4n) is 1.61. The molecule has 1 aromatic heterocycles. The molecule has 0 aromatic carbocycles. The number of hydrogen-bond acceptors (Lipinski definition) is 4. The molecule has 2 heterocycles. The predicted octanol–water partition coefficient (Wildman–Crippen LogP) is 2.46. The van der Waals surface area contributed by atoms with Crippen molar-refractivity contribution in [2.45, 2.75) is 37.2 Å². The van der Waals surface area contributed by atoms with Gasteiger partial charge < -0.3 is 0 Å². The molecule has 14 heavy (non-hydrogen) atoms. The highest BCUT2D eigenvalue weighted by Crippen LogP contribution is 2.33. The molecule has 1 saturated heterocycles. The van der Waals surface area contributed by atoms with Gasteiger partial charge in [0.05, 0.1) is 10.3 Å². The van der Waals surface area contributed by atoms with Gasteiger partial charge in [0.2, 0.25) is 0 Å². The van der Waals surface area contributed by atoms with Gasteiger partial charge in [-0.25, -0.2) is 4.98 Å².